The standard InChI is InChI=1S/C13H18N2O/c1-8-5-11(8)7-15-13(16)10-3-4-12(14)9(2)6-10/h3-4,6,8,11H,5,7,14H2,1-2H3,(H,15,16). The number of benzene rings is 1. The van der Waals surface area contributed by atoms with Crippen LogP contribution in [-0.4, -0.2) is 12.5 Å². The first-order chi connectivity index (χ1) is 7.58. The van der Waals surface area contributed by atoms with E-state index in [0.29, 0.717) is 11.5 Å². The predicted molar refractivity (Wildman–Crippen MR) is 65.2 cm³/mol. The number of nitrogens with two attached hydrogens (primary N) is 1. The van der Waals surface area contributed by atoms with Gasteiger partial charge in [0.1, 0.15) is 0 Å². The zero-order valence-electron chi connectivity index (χ0n) is 9.79. The minimum absolute atomic E-state index is 0.00204. The highest BCUT2D eigenvalue weighted by Gasteiger charge is 2.32. The fourth-order valence-corrected chi connectivity index (χ4v) is 1.83. The molecule has 16 heavy (non-hydrogen) atoms. The lowest BCUT2D eigenvalue weighted by atomic mass is 10.1. The van der Waals surface area contributed by atoms with E-state index >= 15 is 0 Å². The van der Waals surface area contributed by atoms with E-state index in [2.05, 4.69) is 12.2 Å². The summed E-state index contributed by atoms with van der Waals surface area (Å²) in [4.78, 5) is 11.8. The molecular weight excluding hydrogens is 200 g/mol. The summed E-state index contributed by atoms with van der Waals surface area (Å²) in [5.41, 5.74) is 8.08. The molecule has 2 rings (SSSR count). The number of carbonyl (C=O) groups excluding carboxylic acids is 1. The molecule has 3 nitrogen and oxygen atoms in total. The van der Waals surface area contributed by atoms with Crippen LogP contribution in [0.2, 0.25) is 0 Å². The van der Waals surface area contributed by atoms with Crippen molar-refractivity contribution in [3.8, 4) is 0 Å². The number of aryl methyl sites for hydroxylation is 1. The molecule has 0 radical (unpaired) electrons. The Bertz CT molecular complexity index is 414. The molecule has 1 fully saturated rings. The van der Waals surface area contributed by atoms with Crippen LogP contribution in [0, 0.1) is 18.8 Å². The lowest BCUT2D eigenvalue weighted by Gasteiger charge is -2.06. The molecular formula is C13H18N2O. The van der Waals surface area contributed by atoms with Gasteiger partial charge in [-0.15, -0.1) is 0 Å². The molecule has 0 bridgehead atoms. The molecule has 2 unspecified atom stereocenters. The van der Waals surface area contributed by atoms with Gasteiger partial charge in [-0.3, -0.25) is 4.79 Å². The van der Waals surface area contributed by atoms with Crippen molar-refractivity contribution in [1.82, 2.24) is 5.32 Å². The van der Waals surface area contributed by atoms with Gasteiger partial charge in [-0.25, -0.2) is 0 Å². The Labute approximate surface area is 96.0 Å². The van der Waals surface area contributed by atoms with Gasteiger partial charge in [-0.05, 0) is 48.9 Å². The van der Waals surface area contributed by atoms with Crippen LogP contribution < -0.4 is 11.1 Å². The maximum absolute atomic E-state index is 11.8. The van der Waals surface area contributed by atoms with E-state index in [4.69, 9.17) is 5.73 Å². The molecule has 1 saturated carbocycles. The van der Waals surface area contributed by atoms with Crippen molar-refractivity contribution >= 4 is 11.6 Å². The highest BCUT2D eigenvalue weighted by molar-refractivity contribution is 5.94. The molecule has 0 heterocycles. The molecule has 86 valence electrons. The lowest BCUT2D eigenvalue weighted by Crippen LogP contribution is -2.25. The molecule has 0 aliphatic heterocycles. The van der Waals surface area contributed by atoms with Gasteiger partial charge >= 0.3 is 0 Å². The van der Waals surface area contributed by atoms with E-state index in [0.717, 1.165) is 23.7 Å². The average Bonchev–Trinajstić information content (AvgIpc) is 2.95. The topological polar surface area (TPSA) is 55.1 Å². The summed E-state index contributed by atoms with van der Waals surface area (Å²) < 4.78 is 0. The van der Waals surface area contributed by atoms with Crippen molar-refractivity contribution in [3.63, 3.8) is 0 Å². The SMILES string of the molecule is Cc1cc(C(=O)NCC2CC2C)ccc1N. The van der Waals surface area contributed by atoms with Crippen LogP contribution in [0.4, 0.5) is 5.69 Å². The summed E-state index contributed by atoms with van der Waals surface area (Å²) in [6.45, 7) is 4.92. The van der Waals surface area contributed by atoms with Gasteiger partial charge in [0.2, 0.25) is 0 Å². The predicted octanol–water partition coefficient (Wildman–Crippen LogP) is 1.96. The smallest absolute Gasteiger partial charge is 0.251 e. The Hall–Kier alpha value is -1.51. The largest absolute Gasteiger partial charge is 0.399 e. The summed E-state index contributed by atoms with van der Waals surface area (Å²) in [7, 11) is 0. The Balaban J connectivity index is 1.95. The van der Waals surface area contributed by atoms with Crippen LogP contribution in [0.1, 0.15) is 29.3 Å². The minimum Gasteiger partial charge on any atom is -0.399 e. The summed E-state index contributed by atoms with van der Waals surface area (Å²) >= 11 is 0. The van der Waals surface area contributed by atoms with Gasteiger partial charge in [0.25, 0.3) is 5.91 Å². The van der Waals surface area contributed by atoms with E-state index in [9.17, 15) is 4.79 Å². The second kappa shape index (κ2) is 4.16. The number of nitrogen functional groups attached to an aromatic ring is 1. The van der Waals surface area contributed by atoms with E-state index < -0.39 is 0 Å². The fourth-order valence-electron chi connectivity index (χ4n) is 1.83. The van der Waals surface area contributed by atoms with E-state index in [-0.39, 0.29) is 5.91 Å². The number of nitrogens with one attached hydrogen (secondary N) is 1. The third kappa shape index (κ3) is 2.35. The van der Waals surface area contributed by atoms with Gasteiger partial charge in [-0.1, -0.05) is 6.92 Å². The summed E-state index contributed by atoms with van der Waals surface area (Å²) in [6, 6.07) is 5.39. The van der Waals surface area contributed by atoms with E-state index in [1.165, 1.54) is 6.42 Å². The molecule has 0 aromatic heterocycles. The summed E-state index contributed by atoms with van der Waals surface area (Å²) in [5.74, 6) is 1.45. The number of carbonyl (C=O) groups is 1. The lowest BCUT2D eigenvalue weighted by molar-refractivity contribution is 0.0951. The number of hydrogen-bond acceptors (Lipinski definition) is 2. The first-order valence-electron chi connectivity index (χ1n) is 5.72. The molecule has 0 saturated heterocycles. The van der Waals surface area contributed by atoms with Crippen molar-refractivity contribution in [2.75, 3.05) is 12.3 Å². The van der Waals surface area contributed by atoms with Crippen molar-refractivity contribution in [1.29, 1.82) is 0 Å². The number of hydrogen-bond donors (Lipinski definition) is 2. The number of amides is 1. The third-order valence-corrected chi connectivity index (χ3v) is 3.33. The van der Waals surface area contributed by atoms with Gasteiger partial charge in [0.05, 0.1) is 0 Å². The Morgan fingerprint density at radius 1 is 1.56 bits per heavy atom. The normalized spacial score (nSPS) is 22.9. The number of rotatable bonds is 3. The highest BCUT2D eigenvalue weighted by atomic mass is 16.1. The van der Waals surface area contributed by atoms with Gasteiger partial charge in [0.15, 0.2) is 0 Å². The van der Waals surface area contributed by atoms with Crippen LogP contribution in [0.25, 0.3) is 0 Å². The zero-order valence-corrected chi connectivity index (χ0v) is 9.79. The van der Waals surface area contributed by atoms with E-state index in [1.54, 1.807) is 12.1 Å². The molecule has 2 atom stereocenters. The maximum Gasteiger partial charge on any atom is 0.251 e. The van der Waals surface area contributed by atoms with Crippen molar-refractivity contribution < 1.29 is 4.79 Å². The molecule has 3 N–H and O–H groups in total. The second-order valence-corrected chi connectivity index (χ2v) is 4.75. The average molecular weight is 218 g/mol. The van der Waals surface area contributed by atoms with Crippen molar-refractivity contribution in [2.45, 2.75) is 20.3 Å². The Kier molecular flexibility index (Phi) is 2.86. The minimum atomic E-state index is 0.00204. The Morgan fingerprint density at radius 3 is 2.81 bits per heavy atom. The quantitative estimate of drug-likeness (QED) is 0.762. The zero-order chi connectivity index (χ0) is 11.7. The highest BCUT2D eigenvalue weighted by Crippen LogP contribution is 2.36. The van der Waals surface area contributed by atoms with Crippen LogP contribution in [0.3, 0.4) is 0 Å². The monoisotopic (exact) mass is 218 g/mol. The van der Waals surface area contributed by atoms with Crippen LogP contribution in [0.15, 0.2) is 18.2 Å². The van der Waals surface area contributed by atoms with Crippen LogP contribution in [0.5, 0.6) is 0 Å². The molecule has 1 aliphatic rings. The fraction of sp³-hybridized carbons (Fsp3) is 0.462. The summed E-state index contributed by atoms with van der Waals surface area (Å²) in [6.07, 6.45) is 1.24. The molecule has 1 aromatic carbocycles. The van der Waals surface area contributed by atoms with Gasteiger partial charge in [-0.2, -0.15) is 0 Å². The first-order valence-corrected chi connectivity index (χ1v) is 5.72. The molecule has 1 amide bonds. The first kappa shape index (κ1) is 11.0. The van der Waals surface area contributed by atoms with Crippen LogP contribution >= 0.6 is 0 Å². The van der Waals surface area contributed by atoms with Gasteiger partial charge < -0.3 is 11.1 Å². The maximum atomic E-state index is 11.8. The summed E-state index contributed by atoms with van der Waals surface area (Å²) in [5, 5.41) is 2.96. The van der Waals surface area contributed by atoms with E-state index in [1.807, 2.05) is 13.0 Å². The second-order valence-electron chi connectivity index (χ2n) is 4.75. The molecule has 1 aliphatic carbocycles. The Morgan fingerprint density at radius 2 is 2.25 bits per heavy atom. The number of anilines is 1. The van der Waals surface area contributed by atoms with Gasteiger partial charge in [0, 0.05) is 17.8 Å². The molecule has 0 spiro atoms. The van der Waals surface area contributed by atoms with Crippen LogP contribution in [-0.2, 0) is 0 Å². The molecule has 1 aromatic rings. The third-order valence-electron chi connectivity index (χ3n) is 3.33. The molecule has 3 heteroatoms. The van der Waals surface area contributed by atoms with Crippen molar-refractivity contribution in [3.05, 3.63) is 29.3 Å². The van der Waals surface area contributed by atoms with Crippen molar-refractivity contribution in [2.24, 2.45) is 11.8 Å².